The normalized spacial score (nSPS) is 33.8. The van der Waals surface area contributed by atoms with Gasteiger partial charge in [-0.1, -0.05) is 25.5 Å². The van der Waals surface area contributed by atoms with Gasteiger partial charge in [-0.15, -0.1) is 0 Å². The molecule has 0 saturated heterocycles. The number of aromatic nitrogens is 2. The highest BCUT2D eigenvalue weighted by atomic mass is 16.5. The number of aliphatic hydroxyl groups is 2. The van der Waals surface area contributed by atoms with Crippen LogP contribution in [0, 0.1) is 29.6 Å². The van der Waals surface area contributed by atoms with Gasteiger partial charge in [-0.05, 0) is 62.4 Å². The lowest BCUT2D eigenvalue weighted by molar-refractivity contribution is -0.145. The molecular formula is C25H34N2O6. The van der Waals surface area contributed by atoms with Crippen molar-refractivity contribution in [1.29, 1.82) is 0 Å². The van der Waals surface area contributed by atoms with Crippen LogP contribution in [0.25, 0.3) is 0 Å². The number of carbonyl (C=O) groups is 1. The number of ether oxygens (including phenoxy) is 1. The third kappa shape index (κ3) is 4.04. The van der Waals surface area contributed by atoms with Crippen molar-refractivity contribution < 1.29 is 19.7 Å². The van der Waals surface area contributed by atoms with Crippen LogP contribution in [0.3, 0.4) is 0 Å². The summed E-state index contributed by atoms with van der Waals surface area (Å²) in [5, 5.41) is 21.0. The maximum Gasteiger partial charge on any atom is 0.334 e. The van der Waals surface area contributed by atoms with Crippen LogP contribution in [0.2, 0.25) is 0 Å². The number of allylic oxidation sites excluding steroid dienone is 2. The molecule has 4 rings (SSSR count). The van der Waals surface area contributed by atoms with E-state index in [4.69, 9.17) is 4.74 Å². The monoisotopic (exact) mass is 458 g/mol. The van der Waals surface area contributed by atoms with Gasteiger partial charge in [0.1, 0.15) is 6.61 Å². The van der Waals surface area contributed by atoms with E-state index in [1.807, 2.05) is 13.0 Å². The summed E-state index contributed by atoms with van der Waals surface area (Å²) in [6.45, 7) is 6.42. The Hall–Kier alpha value is -2.45. The summed E-state index contributed by atoms with van der Waals surface area (Å²) in [6, 6.07) is 0. The van der Waals surface area contributed by atoms with Crippen LogP contribution < -0.4 is 11.2 Å². The SMILES string of the molecule is Cc1cn(CC2=CC[C@@H]3[C@](C)(CO)[C@H](O)CC[C@@]3(C)[C@@H]2CCC2=CCOC2=O)c(=O)[nH]c1=O. The summed E-state index contributed by atoms with van der Waals surface area (Å²) < 4.78 is 6.61. The fourth-order valence-corrected chi connectivity index (χ4v) is 6.46. The molecule has 3 aliphatic rings. The molecular weight excluding hydrogens is 424 g/mol. The number of nitrogens with zero attached hydrogens (tertiary/aromatic N) is 1. The van der Waals surface area contributed by atoms with E-state index in [0.717, 1.165) is 12.0 Å². The molecule has 1 aromatic heterocycles. The summed E-state index contributed by atoms with van der Waals surface area (Å²) in [4.78, 5) is 38.7. The number of aryl methyl sites for hydroxylation is 1. The quantitative estimate of drug-likeness (QED) is 0.442. The highest BCUT2D eigenvalue weighted by Crippen LogP contribution is 2.60. The van der Waals surface area contributed by atoms with Gasteiger partial charge in [-0.25, -0.2) is 9.59 Å². The molecule has 0 amide bonds. The smallest absolute Gasteiger partial charge is 0.334 e. The number of cyclic esters (lactones) is 1. The van der Waals surface area contributed by atoms with Crippen LogP contribution in [0.5, 0.6) is 0 Å². The Balaban J connectivity index is 1.71. The lowest BCUT2D eigenvalue weighted by atomic mass is 9.47. The van der Waals surface area contributed by atoms with Gasteiger partial charge in [0.05, 0.1) is 12.7 Å². The zero-order valence-corrected chi connectivity index (χ0v) is 19.6. The topological polar surface area (TPSA) is 122 Å². The van der Waals surface area contributed by atoms with E-state index in [1.54, 1.807) is 13.1 Å². The molecule has 2 heterocycles. The first kappa shape index (κ1) is 23.7. The van der Waals surface area contributed by atoms with Crippen LogP contribution >= 0.6 is 0 Å². The highest BCUT2D eigenvalue weighted by molar-refractivity contribution is 5.90. The van der Waals surface area contributed by atoms with Crippen molar-refractivity contribution in [2.24, 2.45) is 22.7 Å². The number of carbonyl (C=O) groups excluding carboxylic acids is 1. The van der Waals surface area contributed by atoms with Gasteiger partial charge in [0.25, 0.3) is 5.56 Å². The number of nitrogens with one attached hydrogen (secondary N) is 1. The average molecular weight is 459 g/mol. The van der Waals surface area contributed by atoms with E-state index in [-0.39, 0.29) is 35.4 Å². The zero-order chi connectivity index (χ0) is 24.0. The first-order valence-corrected chi connectivity index (χ1v) is 11.7. The van der Waals surface area contributed by atoms with E-state index in [2.05, 4.69) is 18.0 Å². The number of hydrogen-bond acceptors (Lipinski definition) is 6. The molecule has 8 heteroatoms. The van der Waals surface area contributed by atoms with E-state index in [0.29, 0.717) is 50.0 Å². The van der Waals surface area contributed by atoms with Crippen molar-refractivity contribution in [3.05, 3.63) is 55.9 Å². The molecule has 1 saturated carbocycles. The third-order valence-electron chi connectivity index (χ3n) is 8.56. The number of fused-ring (bicyclic) bond motifs is 1. The van der Waals surface area contributed by atoms with E-state index in [9.17, 15) is 24.6 Å². The standard InChI is InChI=1S/C25H34N2O6/c1-15-12-27(23(32)26-21(15)30)13-17-5-7-19-24(2,10-8-20(29)25(19,3)14-28)18(17)6-4-16-9-11-33-22(16)31/h5,9,12,18-20,28-29H,4,6-8,10-11,13-14H2,1-3H3,(H,26,30,32)/t18-,19+,20-,24+,25+/m1/s1. The summed E-state index contributed by atoms with van der Waals surface area (Å²) in [5.74, 6) is -0.168. The molecule has 0 bridgehead atoms. The molecule has 0 aromatic carbocycles. The molecule has 1 aliphatic heterocycles. The van der Waals surface area contributed by atoms with Gasteiger partial charge in [-0.2, -0.15) is 0 Å². The first-order chi connectivity index (χ1) is 15.6. The summed E-state index contributed by atoms with van der Waals surface area (Å²) >= 11 is 0. The second kappa shape index (κ2) is 8.72. The predicted molar refractivity (Wildman–Crippen MR) is 123 cm³/mol. The lowest BCUT2D eigenvalue weighted by Gasteiger charge is -2.59. The number of rotatable bonds is 6. The first-order valence-electron chi connectivity index (χ1n) is 11.7. The Bertz CT molecular complexity index is 1110. The molecule has 180 valence electrons. The molecule has 0 unspecified atom stereocenters. The van der Waals surface area contributed by atoms with Crippen molar-refractivity contribution in [3.63, 3.8) is 0 Å². The van der Waals surface area contributed by atoms with Gasteiger partial charge < -0.3 is 14.9 Å². The van der Waals surface area contributed by atoms with Gasteiger partial charge >= 0.3 is 11.7 Å². The van der Waals surface area contributed by atoms with E-state index in [1.165, 1.54) is 4.57 Å². The molecule has 1 fully saturated rings. The molecule has 3 N–H and O–H groups in total. The molecule has 33 heavy (non-hydrogen) atoms. The van der Waals surface area contributed by atoms with Crippen molar-refractivity contribution in [2.75, 3.05) is 13.2 Å². The van der Waals surface area contributed by atoms with Crippen molar-refractivity contribution in [1.82, 2.24) is 9.55 Å². The molecule has 1 aromatic rings. The largest absolute Gasteiger partial charge is 0.458 e. The van der Waals surface area contributed by atoms with Crippen LogP contribution in [0.4, 0.5) is 0 Å². The number of hydrogen-bond donors (Lipinski definition) is 3. The van der Waals surface area contributed by atoms with Gasteiger partial charge in [-0.3, -0.25) is 14.3 Å². The zero-order valence-electron chi connectivity index (χ0n) is 19.6. The summed E-state index contributed by atoms with van der Waals surface area (Å²) in [7, 11) is 0. The molecule has 8 nitrogen and oxygen atoms in total. The van der Waals surface area contributed by atoms with Gasteiger partial charge in [0.15, 0.2) is 0 Å². The van der Waals surface area contributed by atoms with Crippen molar-refractivity contribution >= 4 is 5.97 Å². The van der Waals surface area contributed by atoms with Crippen LogP contribution in [-0.4, -0.2) is 45.1 Å². The Morgan fingerprint density at radius 2 is 2.00 bits per heavy atom. The van der Waals surface area contributed by atoms with Gasteiger partial charge in [0.2, 0.25) is 0 Å². The fourth-order valence-electron chi connectivity index (χ4n) is 6.46. The minimum Gasteiger partial charge on any atom is -0.458 e. The number of aliphatic hydroxyl groups excluding tert-OH is 2. The van der Waals surface area contributed by atoms with Crippen LogP contribution in [-0.2, 0) is 16.1 Å². The minimum absolute atomic E-state index is 0.0445. The Labute approximate surface area is 193 Å². The van der Waals surface area contributed by atoms with Crippen LogP contribution in [0.1, 0.15) is 51.5 Å². The van der Waals surface area contributed by atoms with E-state index >= 15 is 0 Å². The highest BCUT2D eigenvalue weighted by Gasteiger charge is 2.57. The maximum atomic E-state index is 12.5. The average Bonchev–Trinajstić information content (AvgIpc) is 3.18. The van der Waals surface area contributed by atoms with Crippen molar-refractivity contribution in [2.45, 2.75) is 65.5 Å². The molecule has 5 atom stereocenters. The summed E-state index contributed by atoms with van der Waals surface area (Å²) in [5.41, 5.74) is 0.570. The van der Waals surface area contributed by atoms with Crippen molar-refractivity contribution in [3.8, 4) is 0 Å². The molecule has 0 spiro atoms. The van der Waals surface area contributed by atoms with Crippen LogP contribution in [0.15, 0.2) is 39.1 Å². The lowest BCUT2D eigenvalue weighted by Crippen LogP contribution is -2.57. The summed E-state index contributed by atoms with van der Waals surface area (Å²) in [6.07, 6.45) is 8.33. The Morgan fingerprint density at radius 1 is 1.24 bits per heavy atom. The number of aromatic amines is 1. The molecule has 0 radical (unpaired) electrons. The maximum absolute atomic E-state index is 12.5. The fraction of sp³-hybridized carbons (Fsp3) is 0.640. The minimum atomic E-state index is -0.621. The third-order valence-corrected chi connectivity index (χ3v) is 8.56. The molecule has 2 aliphatic carbocycles. The Kier molecular flexibility index (Phi) is 6.26. The predicted octanol–water partition coefficient (Wildman–Crippen LogP) is 1.83. The number of H-pyrrole nitrogens is 1. The number of esters is 1. The van der Waals surface area contributed by atoms with Gasteiger partial charge in [0, 0.05) is 29.3 Å². The second-order valence-corrected chi connectivity index (χ2v) is 10.4. The van der Waals surface area contributed by atoms with E-state index < -0.39 is 17.2 Å². The Morgan fingerprint density at radius 3 is 2.67 bits per heavy atom. The second-order valence-electron chi connectivity index (χ2n) is 10.4.